The van der Waals surface area contributed by atoms with Gasteiger partial charge in [-0.3, -0.25) is 0 Å². The van der Waals surface area contributed by atoms with Crippen molar-refractivity contribution in [1.82, 2.24) is 5.32 Å². The van der Waals surface area contributed by atoms with Gasteiger partial charge in [0.05, 0.1) is 0 Å². The molecule has 0 amide bonds. The van der Waals surface area contributed by atoms with E-state index in [4.69, 9.17) is 0 Å². The van der Waals surface area contributed by atoms with Gasteiger partial charge < -0.3 is 5.32 Å². The Morgan fingerprint density at radius 2 is 1.94 bits per heavy atom. The Morgan fingerprint density at radius 1 is 1.19 bits per heavy atom. The van der Waals surface area contributed by atoms with Gasteiger partial charge in [-0.1, -0.05) is 44.5 Å². The standard InChI is InChI=1S/C15H25N/c1-4-8-15(5-2)16-12-11-14-10-7-6-9-13(14)3/h6-7,9-10,15-16H,4-5,8,11-12H2,1-3H3. The molecule has 1 atom stereocenters. The maximum atomic E-state index is 3.65. The molecule has 0 radical (unpaired) electrons. The Labute approximate surface area is 100 Å². The number of hydrogen-bond donors (Lipinski definition) is 1. The summed E-state index contributed by atoms with van der Waals surface area (Å²) in [6, 6.07) is 9.37. The predicted molar refractivity (Wildman–Crippen MR) is 71.9 cm³/mol. The second-order valence-electron chi connectivity index (χ2n) is 4.52. The monoisotopic (exact) mass is 219 g/mol. The van der Waals surface area contributed by atoms with Crippen LogP contribution in [0.4, 0.5) is 0 Å². The highest BCUT2D eigenvalue weighted by Crippen LogP contribution is 2.07. The van der Waals surface area contributed by atoms with E-state index in [2.05, 4.69) is 50.4 Å². The Balaban J connectivity index is 2.32. The van der Waals surface area contributed by atoms with Crippen LogP contribution in [0, 0.1) is 6.92 Å². The molecule has 1 aromatic rings. The molecule has 0 aliphatic rings. The summed E-state index contributed by atoms with van der Waals surface area (Å²) in [6.45, 7) is 7.81. The number of aryl methyl sites for hydroxylation is 1. The quantitative estimate of drug-likeness (QED) is 0.737. The van der Waals surface area contributed by atoms with Crippen LogP contribution in [0.25, 0.3) is 0 Å². The Kier molecular flexibility index (Phi) is 6.17. The van der Waals surface area contributed by atoms with Crippen LogP contribution in [0.1, 0.15) is 44.2 Å². The van der Waals surface area contributed by atoms with Gasteiger partial charge in [0.2, 0.25) is 0 Å². The molecule has 1 heteroatoms. The maximum absolute atomic E-state index is 3.65. The van der Waals surface area contributed by atoms with Crippen LogP contribution in [-0.2, 0) is 6.42 Å². The third kappa shape index (κ3) is 4.36. The summed E-state index contributed by atoms with van der Waals surface area (Å²) in [6.07, 6.45) is 4.95. The molecule has 0 bridgehead atoms. The minimum Gasteiger partial charge on any atom is -0.314 e. The summed E-state index contributed by atoms with van der Waals surface area (Å²) in [5, 5.41) is 3.65. The van der Waals surface area contributed by atoms with Gasteiger partial charge in [0.1, 0.15) is 0 Å². The van der Waals surface area contributed by atoms with Crippen molar-refractivity contribution in [2.24, 2.45) is 0 Å². The third-order valence-electron chi connectivity index (χ3n) is 3.22. The van der Waals surface area contributed by atoms with Crippen molar-refractivity contribution >= 4 is 0 Å². The lowest BCUT2D eigenvalue weighted by Gasteiger charge is -2.16. The smallest absolute Gasteiger partial charge is 0.00644 e. The van der Waals surface area contributed by atoms with Gasteiger partial charge in [0.15, 0.2) is 0 Å². The number of rotatable bonds is 7. The van der Waals surface area contributed by atoms with E-state index in [0.29, 0.717) is 6.04 Å². The van der Waals surface area contributed by atoms with Gasteiger partial charge in [-0.2, -0.15) is 0 Å². The van der Waals surface area contributed by atoms with Crippen LogP contribution in [0.2, 0.25) is 0 Å². The minimum absolute atomic E-state index is 0.703. The summed E-state index contributed by atoms with van der Waals surface area (Å²) in [4.78, 5) is 0. The maximum Gasteiger partial charge on any atom is 0.00644 e. The summed E-state index contributed by atoms with van der Waals surface area (Å²) < 4.78 is 0. The highest BCUT2D eigenvalue weighted by molar-refractivity contribution is 5.25. The van der Waals surface area contributed by atoms with E-state index in [1.807, 2.05) is 0 Å². The molecule has 90 valence electrons. The first-order chi connectivity index (χ1) is 7.77. The normalized spacial score (nSPS) is 12.7. The van der Waals surface area contributed by atoms with Crippen LogP contribution in [0.15, 0.2) is 24.3 Å². The van der Waals surface area contributed by atoms with Crippen molar-refractivity contribution < 1.29 is 0 Å². The van der Waals surface area contributed by atoms with E-state index in [1.54, 1.807) is 0 Å². The van der Waals surface area contributed by atoms with Crippen LogP contribution >= 0.6 is 0 Å². The number of benzene rings is 1. The zero-order valence-electron chi connectivity index (χ0n) is 10.9. The molecule has 0 aliphatic carbocycles. The van der Waals surface area contributed by atoms with Crippen LogP contribution in [0.3, 0.4) is 0 Å². The fourth-order valence-corrected chi connectivity index (χ4v) is 2.10. The molecule has 0 saturated heterocycles. The van der Waals surface area contributed by atoms with Gasteiger partial charge in [-0.05, 0) is 43.9 Å². The topological polar surface area (TPSA) is 12.0 Å². The zero-order valence-corrected chi connectivity index (χ0v) is 10.9. The Hall–Kier alpha value is -0.820. The molecule has 1 aromatic carbocycles. The van der Waals surface area contributed by atoms with Crippen molar-refractivity contribution in [3.8, 4) is 0 Å². The fourth-order valence-electron chi connectivity index (χ4n) is 2.10. The van der Waals surface area contributed by atoms with E-state index in [-0.39, 0.29) is 0 Å². The van der Waals surface area contributed by atoms with Crippen molar-refractivity contribution in [2.45, 2.75) is 52.5 Å². The summed E-state index contributed by atoms with van der Waals surface area (Å²) in [7, 11) is 0. The average molecular weight is 219 g/mol. The zero-order chi connectivity index (χ0) is 11.8. The van der Waals surface area contributed by atoms with E-state index >= 15 is 0 Å². The molecule has 1 rings (SSSR count). The SMILES string of the molecule is CCCC(CC)NCCc1ccccc1C. The molecule has 1 N–H and O–H groups in total. The van der Waals surface area contributed by atoms with Crippen molar-refractivity contribution in [2.75, 3.05) is 6.54 Å². The van der Waals surface area contributed by atoms with Gasteiger partial charge in [0.25, 0.3) is 0 Å². The van der Waals surface area contributed by atoms with E-state index in [9.17, 15) is 0 Å². The van der Waals surface area contributed by atoms with Crippen LogP contribution in [0.5, 0.6) is 0 Å². The number of hydrogen-bond acceptors (Lipinski definition) is 1. The molecule has 0 spiro atoms. The second kappa shape index (κ2) is 7.45. The van der Waals surface area contributed by atoms with Gasteiger partial charge in [-0.15, -0.1) is 0 Å². The lowest BCUT2D eigenvalue weighted by molar-refractivity contribution is 0.466. The fraction of sp³-hybridized carbons (Fsp3) is 0.600. The van der Waals surface area contributed by atoms with Gasteiger partial charge in [0, 0.05) is 6.04 Å². The average Bonchev–Trinajstić information content (AvgIpc) is 2.30. The highest BCUT2D eigenvalue weighted by atomic mass is 14.9. The molecule has 0 heterocycles. The van der Waals surface area contributed by atoms with E-state index in [0.717, 1.165) is 13.0 Å². The second-order valence-corrected chi connectivity index (χ2v) is 4.52. The molecule has 1 unspecified atom stereocenters. The molecule has 0 saturated carbocycles. The Morgan fingerprint density at radius 3 is 2.56 bits per heavy atom. The van der Waals surface area contributed by atoms with Crippen LogP contribution in [-0.4, -0.2) is 12.6 Å². The highest BCUT2D eigenvalue weighted by Gasteiger charge is 2.03. The first-order valence-corrected chi connectivity index (χ1v) is 6.55. The largest absolute Gasteiger partial charge is 0.314 e. The summed E-state index contributed by atoms with van der Waals surface area (Å²) in [5.41, 5.74) is 2.88. The lowest BCUT2D eigenvalue weighted by Crippen LogP contribution is -2.30. The first-order valence-electron chi connectivity index (χ1n) is 6.55. The molecular weight excluding hydrogens is 194 g/mol. The van der Waals surface area contributed by atoms with Crippen molar-refractivity contribution in [3.05, 3.63) is 35.4 Å². The summed E-state index contributed by atoms with van der Waals surface area (Å²) >= 11 is 0. The predicted octanol–water partition coefficient (Wildman–Crippen LogP) is 3.71. The molecule has 0 aliphatic heterocycles. The van der Waals surface area contributed by atoms with E-state index < -0.39 is 0 Å². The molecule has 0 aromatic heterocycles. The lowest BCUT2D eigenvalue weighted by atomic mass is 10.1. The van der Waals surface area contributed by atoms with E-state index in [1.165, 1.54) is 30.4 Å². The third-order valence-corrected chi connectivity index (χ3v) is 3.22. The van der Waals surface area contributed by atoms with Crippen LogP contribution < -0.4 is 5.32 Å². The molecule has 1 nitrogen and oxygen atoms in total. The first kappa shape index (κ1) is 13.2. The van der Waals surface area contributed by atoms with Crippen molar-refractivity contribution in [1.29, 1.82) is 0 Å². The Bertz CT molecular complexity index is 293. The van der Waals surface area contributed by atoms with Gasteiger partial charge in [-0.25, -0.2) is 0 Å². The summed E-state index contributed by atoms with van der Waals surface area (Å²) in [5.74, 6) is 0. The minimum atomic E-state index is 0.703. The molecule has 0 fully saturated rings. The van der Waals surface area contributed by atoms with Gasteiger partial charge >= 0.3 is 0 Å². The number of nitrogens with one attached hydrogen (secondary N) is 1. The molecule has 16 heavy (non-hydrogen) atoms. The molecular formula is C15H25N. The van der Waals surface area contributed by atoms with Crippen molar-refractivity contribution in [3.63, 3.8) is 0 Å².